The molecule has 126 valence electrons. The van der Waals surface area contributed by atoms with E-state index in [0.717, 1.165) is 31.9 Å². The summed E-state index contributed by atoms with van der Waals surface area (Å²) in [5.74, 6) is 0. The first-order chi connectivity index (χ1) is 11.6. The Kier molecular flexibility index (Phi) is 4.15. The summed E-state index contributed by atoms with van der Waals surface area (Å²) in [7, 11) is 2.26. The van der Waals surface area contributed by atoms with Crippen LogP contribution in [0.25, 0.3) is 0 Å². The zero-order valence-electron chi connectivity index (χ0n) is 14.8. The van der Waals surface area contributed by atoms with Crippen LogP contribution in [0, 0.1) is 6.92 Å². The first kappa shape index (κ1) is 15.8. The number of rotatable bonds is 2. The third-order valence-corrected chi connectivity index (χ3v) is 5.75. The zero-order chi connectivity index (χ0) is 16.6. The van der Waals surface area contributed by atoms with Crippen molar-refractivity contribution in [3.8, 4) is 0 Å². The summed E-state index contributed by atoms with van der Waals surface area (Å²) in [5.41, 5.74) is 5.80. The van der Waals surface area contributed by atoms with E-state index in [4.69, 9.17) is 0 Å². The molecule has 1 spiro atoms. The van der Waals surface area contributed by atoms with Crippen molar-refractivity contribution in [2.75, 3.05) is 26.7 Å². The lowest BCUT2D eigenvalue weighted by molar-refractivity contribution is 0.106. The fourth-order valence-electron chi connectivity index (χ4n) is 4.61. The lowest BCUT2D eigenvalue weighted by atomic mass is 9.69. The van der Waals surface area contributed by atoms with Crippen LogP contribution in [0.1, 0.15) is 35.4 Å². The highest BCUT2D eigenvalue weighted by Gasteiger charge is 2.40. The highest BCUT2D eigenvalue weighted by Crippen LogP contribution is 2.41. The SMILES string of the molecule is Cc1cccc(CN2CCC3(CC2)CN(C)Cc2ccccc23)n1. The molecule has 0 aliphatic carbocycles. The number of hydrogen-bond acceptors (Lipinski definition) is 3. The maximum Gasteiger partial charge on any atom is 0.0547 e. The Morgan fingerprint density at radius 3 is 2.62 bits per heavy atom. The van der Waals surface area contributed by atoms with Gasteiger partial charge in [-0.15, -0.1) is 0 Å². The molecular formula is C21H27N3. The first-order valence-corrected chi connectivity index (χ1v) is 9.06. The Morgan fingerprint density at radius 2 is 1.83 bits per heavy atom. The number of fused-ring (bicyclic) bond motifs is 2. The van der Waals surface area contributed by atoms with Crippen LogP contribution in [0.4, 0.5) is 0 Å². The summed E-state index contributed by atoms with van der Waals surface area (Å²) in [6.07, 6.45) is 2.50. The summed E-state index contributed by atoms with van der Waals surface area (Å²) in [5, 5.41) is 0. The van der Waals surface area contributed by atoms with Crippen LogP contribution >= 0.6 is 0 Å². The number of likely N-dealkylation sites (N-methyl/N-ethyl adjacent to an activating group) is 1. The van der Waals surface area contributed by atoms with Crippen molar-refractivity contribution >= 4 is 0 Å². The predicted molar refractivity (Wildman–Crippen MR) is 97.9 cm³/mol. The lowest BCUT2D eigenvalue weighted by Gasteiger charge is -2.48. The average molecular weight is 321 g/mol. The van der Waals surface area contributed by atoms with Crippen molar-refractivity contribution in [2.24, 2.45) is 0 Å². The Morgan fingerprint density at radius 1 is 1.04 bits per heavy atom. The molecule has 4 rings (SSSR count). The Labute approximate surface area is 145 Å². The Hall–Kier alpha value is -1.71. The standard InChI is InChI=1S/C21H27N3/c1-17-6-5-8-19(22-17)15-24-12-10-21(11-13-24)16-23(2)14-18-7-3-4-9-20(18)21/h3-9H,10-16H2,1-2H3. The van der Waals surface area contributed by atoms with Crippen LogP contribution in [-0.2, 0) is 18.5 Å². The Bertz CT molecular complexity index is 717. The van der Waals surface area contributed by atoms with E-state index in [1.54, 1.807) is 5.56 Å². The van der Waals surface area contributed by atoms with Crippen LogP contribution < -0.4 is 0 Å². The van der Waals surface area contributed by atoms with E-state index < -0.39 is 0 Å². The van der Waals surface area contributed by atoms with Crippen molar-refractivity contribution in [3.63, 3.8) is 0 Å². The number of nitrogens with zero attached hydrogens (tertiary/aromatic N) is 3. The van der Waals surface area contributed by atoms with E-state index in [2.05, 4.69) is 71.2 Å². The van der Waals surface area contributed by atoms with Gasteiger partial charge in [-0.2, -0.15) is 0 Å². The van der Waals surface area contributed by atoms with Crippen LogP contribution in [0.15, 0.2) is 42.5 Å². The van der Waals surface area contributed by atoms with Gasteiger partial charge in [0.05, 0.1) is 5.69 Å². The quantitative estimate of drug-likeness (QED) is 0.845. The molecule has 2 aromatic rings. The van der Waals surface area contributed by atoms with Crippen LogP contribution in [-0.4, -0.2) is 41.5 Å². The first-order valence-electron chi connectivity index (χ1n) is 9.06. The van der Waals surface area contributed by atoms with E-state index in [0.29, 0.717) is 5.41 Å². The van der Waals surface area contributed by atoms with Gasteiger partial charge in [0.25, 0.3) is 0 Å². The second-order valence-corrected chi connectivity index (χ2v) is 7.66. The van der Waals surface area contributed by atoms with Gasteiger partial charge < -0.3 is 4.90 Å². The van der Waals surface area contributed by atoms with E-state index in [1.807, 2.05) is 0 Å². The molecule has 0 N–H and O–H groups in total. The molecule has 0 radical (unpaired) electrons. The number of aryl methyl sites for hydroxylation is 1. The molecule has 0 bridgehead atoms. The molecule has 1 aromatic carbocycles. The van der Waals surface area contributed by atoms with Crippen molar-refractivity contribution < 1.29 is 0 Å². The molecule has 3 heterocycles. The van der Waals surface area contributed by atoms with Gasteiger partial charge in [-0.25, -0.2) is 0 Å². The normalized spacial score (nSPS) is 20.9. The summed E-state index contributed by atoms with van der Waals surface area (Å²) in [6, 6.07) is 15.4. The number of benzene rings is 1. The second kappa shape index (κ2) is 6.30. The lowest BCUT2D eigenvalue weighted by Crippen LogP contribution is -2.50. The monoisotopic (exact) mass is 321 g/mol. The minimum atomic E-state index is 0.347. The minimum Gasteiger partial charge on any atom is -0.301 e. The van der Waals surface area contributed by atoms with E-state index in [-0.39, 0.29) is 0 Å². The van der Waals surface area contributed by atoms with Gasteiger partial charge >= 0.3 is 0 Å². The number of likely N-dealkylation sites (tertiary alicyclic amines) is 1. The smallest absolute Gasteiger partial charge is 0.0547 e. The molecule has 1 aromatic heterocycles. The summed E-state index contributed by atoms with van der Waals surface area (Å²) >= 11 is 0. The highest BCUT2D eigenvalue weighted by atomic mass is 15.2. The summed E-state index contributed by atoms with van der Waals surface area (Å²) < 4.78 is 0. The maximum atomic E-state index is 4.67. The molecule has 0 atom stereocenters. The fourth-order valence-corrected chi connectivity index (χ4v) is 4.61. The van der Waals surface area contributed by atoms with Gasteiger partial charge in [0, 0.05) is 30.7 Å². The van der Waals surface area contributed by atoms with Gasteiger partial charge in [0.2, 0.25) is 0 Å². The average Bonchev–Trinajstić information content (AvgIpc) is 2.57. The van der Waals surface area contributed by atoms with Gasteiger partial charge in [-0.1, -0.05) is 30.3 Å². The predicted octanol–water partition coefficient (Wildman–Crippen LogP) is 3.37. The molecule has 1 saturated heterocycles. The van der Waals surface area contributed by atoms with E-state index >= 15 is 0 Å². The fraction of sp³-hybridized carbons (Fsp3) is 0.476. The van der Waals surface area contributed by atoms with Gasteiger partial charge in [0.15, 0.2) is 0 Å². The summed E-state index contributed by atoms with van der Waals surface area (Å²) in [4.78, 5) is 9.74. The summed E-state index contributed by atoms with van der Waals surface area (Å²) in [6.45, 7) is 7.67. The second-order valence-electron chi connectivity index (χ2n) is 7.66. The maximum absolute atomic E-state index is 4.67. The van der Waals surface area contributed by atoms with Gasteiger partial charge in [-0.05, 0) is 63.2 Å². The number of piperidine rings is 1. The van der Waals surface area contributed by atoms with Crippen molar-refractivity contribution in [3.05, 3.63) is 65.0 Å². The largest absolute Gasteiger partial charge is 0.301 e. The molecule has 0 saturated carbocycles. The Balaban J connectivity index is 1.50. The molecule has 1 fully saturated rings. The molecule has 0 amide bonds. The molecule has 2 aliphatic rings. The number of hydrogen-bond donors (Lipinski definition) is 0. The van der Waals surface area contributed by atoms with Crippen molar-refractivity contribution in [1.82, 2.24) is 14.8 Å². The highest BCUT2D eigenvalue weighted by molar-refractivity contribution is 5.37. The number of aromatic nitrogens is 1. The van der Waals surface area contributed by atoms with E-state index in [9.17, 15) is 0 Å². The van der Waals surface area contributed by atoms with Crippen LogP contribution in [0.5, 0.6) is 0 Å². The third-order valence-electron chi connectivity index (χ3n) is 5.75. The number of pyridine rings is 1. The van der Waals surface area contributed by atoms with E-state index in [1.165, 1.54) is 30.6 Å². The molecule has 24 heavy (non-hydrogen) atoms. The van der Waals surface area contributed by atoms with Crippen LogP contribution in [0.3, 0.4) is 0 Å². The zero-order valence-corrected chi connectivity index (χ0v) is 14.8. The molecule has 2 aliphatic heterocycles. The third kappa shape index (κ3) is 2.99. The molecule has 0 unspecified atom stereocenters. The van der Waals surface area contributed by atoms with Crippen molar-refractivity contribution in [2.45, 2.75) is 38.3 Å². The topological polar surface area (TPSA) is 19.4 Å². The van der Waals surface area contributed by atoms with Crippen molar-refractivity contribution in [1.29, 1.82) is 0 Å². The minimum absolute atomic E-state index is 0.347. The van der Waals surface area contributed by atoms with Crippen LogP contribution in [0.2, 0.25) is 0 Å². The molecule has 3 nitrogen and oxygen atoms in total. The molecule has 3 heteroatoms. The van der Waals surface area contributed by atoms with Gasteiger partial charge in [0.1, 0.15) is 0 Å². The van der Waals surface area contributed by atoms with Gasteiger partial charge in [-0.3, -0.25) is 9.88 Å². The molecular weight excluding hydrogens is 294 g/mol.